The van der Waals surface area contributed by atoms with Crippen LogP contribution in [0.1, 0.15) is 18.1 Å². The highest BCUT2D eigenvalue weighted by atomic mass is 79.9. The van der Waals surface area contributed by atoms with Gasteiger partial charge in [0.25, 0.3) is 0 Å². The summed E-state index contributed by atoms with van der Waals surface area (Å²) in [7, 11) is 0. The highest BCUT2D eigenvalue weighted by molar-refractivity contribution is 9.10. The second-order valence-corrected chi connectivity index (χ2v) is 6.54. The minimum Gasteiger partial charge on any atom is -0.489 e. The van der Waals surface area contributed by atoms with Gasteiger partial charge in [-0.3, -0.25) is 4.79 Å². The van der Waals surface area contributed by atoms with Crippen molar-refractivity contribution in [2.24, 2.45) is 0 Å². The summed E-state index contributed by atoms with van der Waals surface area (Å²) in [6.45, 7) is 2.08. The molecule has 1 atom stereocenters. The van der Waals surface area contributed by atoms with E-state index in [9.17, 15) is 9.18 Å². The van der Waals surface area contributed by atoms with Crippen LogP contribution in [-0.2, 0) is 17.9 Å². The first-order chi connectivity index (χ1) is 11.4. The molecule has 2 rings (SSSR count). The summed E-state index contributed by atoms with van der Waals surface area (Å²) >= 11 is 9.38. The lowest BCUT2D eigenvalue weighted by molar-refractivity contribution is -0.139. The molecule has 0 aliphatic carbocycles. The third-order valence-corrected chi connectivity index (χ3v) is 4.24. The van der Waals surface area contributed by atoms with Gasteiger partial charge in [0, 0.05) is 22.1 Å². The molecule has 0 aliphatic heterocycles. The molecule has 0 amide bonds. The van der Waals surface area contributed by atoms with Gasteiger partial charge >= 0.3 is 5.97 Å². The van der Waals surface area contributed by atoms with E-state index in [1.165, 1.54) is 12.1 Å². The van der Waals surface area contributed by atoms with E-state index < -0.39 is 17.8 Å². The van der Waals surface area contributed by atoms with Crippen molar-refractivity contribution in [1.29, 1.82) is 0 Å². The molecular formula is C17H16BrClFNO3. The van der Waals surface area contributed by atoms with Crippen molar-refractivity contribution in [1.82, 2.24) is 5.32 Å². The van der Waals surface area contributed by atoms with E-state index in [1.54, 1.807) is 19.1 Å². The molecule has 7 heteroatoms. The Kier molecular flexibility index (Phi) is 6.60. The van der Waals surface area contributed by atoms with Crippen LogP contribution in [0.15, 0.2) is 40.9 Å². The molecule has 2 aromatic carbocycles. The predicted octanol–water partition coefficient (Wildman–Crippen LogP) is 4.38. The van der Waals surface area contributed by atoms with Crippen LogP contribution in [0.3, 0.4) is 0 Å². The Morgan fingerprint density at radius 1 is 1.33 bits per heavy atom. The van der Waals surface area contributed by atoms with Crippen LogP contribution in [0.2, 0.25) is 5.02 Å². The average Bonchev–Trinajstić information content (AvgIpc) is 2.52. The van der Waals surface area contributed by atoms with Crippen LogP contribution in [0.25, 0.3) is 0 Å². The van der Waals surface area contributed by atoms with Crippen molar-refractivity contribution in [3.63, 3.8) is 0 Å². The van der Waals surface area contributed by atoms with Crippen molar-refractivity contribution in [3.8, 4) is 5.75 Å². The topological polar surface area (TPSA) is 58.6 Å². The summed E-state index contributed by atoms with van der Waals surface area (Å²) in [5.41, 5.74) is 1.47. The largest absolute Gasteiger partial charge is 0.489 e. The number of halogens is 3. The Balaban J connectivity index is 2.10. The van der Waals surface area contributed by atoms with Gasteiger partial charge in [-0.1, -0.05) is 33.6 Å². The first kappa shape index (κ1) is 18.7. The second-order valence-electron chi connectivity index (χ2n) is 5.22. The fourth-order valence-corrected chi connectivity index (χ4v) is 2.60. The molecule has 1 unspecified atom stereocenters. The number of carbonyl (C=O) groups is 1. The third kappa shape index (κ3) is 5.19. The van der Waals surface area contributed by atoms with Crippen LogP contribution >= 0.6 is 27.5 Å². The average molecular weight is 417 g/mol. The van der Waals surface area contributed by atoms with Gasteiger partial charge in [-0.2, -0.15) is 0 Å². The third-order valence-electron chi connectivity index (χ3n) is 3.39. The standard InChI is InChI=1S/C17H16BrClFNO3/c1-10(17(22)23)21-8-12-6-13(18)3-5-16(12)24-9-11-2-4-14(20)7-15(11)19/h2-7,10,21H,8-9H2,1H3,(H,22,23). The maximum atomic E-state index is 13.1. The van der Waals surface area contributed by atoms with Crippen LogP contribution in [0.5, 0.6) is 5.75 Å². The van der Waals surface area contributed by atoms with Crippen molar-refractivity contribution < 1.29 is 19.0 Å². The van der Waals surface area contributed by atoms with Gasteiger partial charge in [-0.25, -0.2) is 4.39 Å². The van der Waals surface area contributed by atoms with Gasteiger partial charge in [0.1, 0.15) is 24.2 Å². The lowest BCUT2D eigenvalue weighted by Gasteiger charge is -2.15. The Hall–Kier alpha value is -1.63. The molecule has 0 aliphatic rings. The predicted molar refractivity (Wildman–Crippen MR) is 93.8 cm³/mol. The quantitative estimate of drug-likeness (QED) is 0.703. The van der Waals surface area contributed by atoms with E-state index in [4.69, 9.17) is 21.4 Å². The van der Waals surface area contributed by atoms with Crippen molar-refractivity contribution in [3.05, 3.63) is 62.8 Å². The number of carboxylic acids is 1. The van der Waals surface area contributed by atoms with E-state index in [1.807, 2.05) is 12.1 Å². The van der Waals surface area contributed by atoms with Crippen LogP contribution in [0.4, 0.5) is 4.39 Å². The Labute approximate surface area is 152 Å². The maximum Gasteiger partial charge on any atom is 0.320 e. The summed E-state index contributed by atoms with van der Waals surface area (Å²) < 4.78 is 19.7. The van der Waals surface area contributed by atoms with E-state index in [-0.39, 0.29) is 6.61 Å². The van der Waals surface area contributed by atoms with Crippen molar-refractivity contribution >= 4 is 33.5 Å². The molecule has 128 valence electrons. The number of nitrogens with one attached hydrogen (secondary N) is 1. The molecule has 0 heterocycles. The summed E-state index contributed by atoms with van der Waals surface area (Å²) in [5, 5.41) is 12.1. The lowest BCUT2D eigenvalue weighted by Crippen LogP contribution is -2.33. The molecule has 2 N–H and O–H groups in total. The van der Waals surface area contributed by atoms with Gasteiger partial charge in [-0.05, 0) is 37.3 Å². The Morgan fingerprint density at radius 2 is 2.08 bits per heavy atom. The van der Waals surface area contributed by atoms with Gasteiger partial charge in [0.15, 0.2) is 0 Å². The van der Waals surface area contributed by atoms with Gasteiger partial charge in [-0.15, -0.1) is 0 Å². The number of benzene rings is 2. The van der Waals surface area contributed by atoms with E-state index in [0.29, 0.717) is 22.9 Å². The molecule has 2 aromatic rings. The minimum absolute atomic E-state index is 0.183. The number of hydrogen-bond acceptors (Lipinski definition) is 3. The van der Waals surface area contributed by atoms with Gasteiger partial charge in [0.05, 0.1) is 5.02 Å². The normalized spacial score (nSPS) is 12.0. The highest BCUT2D eigenvalue weighted by Gasteiger charge is 2.12. The highest BCUT2D eigenvalue weighted by Crippen LogP contribution is 2.26. The molecule has 0 fully saturated rings. The fraction of sp³-hybridized carbons (Fsp3) is 0.235. The SMILES string of the molecule is CC(NCc1cc(Br)ccc1OCc1ccc(F)cc1Cl)C(=O)O. The number of aliphatic carboxylic acids is 1. The molecule has 0 saturated heterocycles. The molecule has 0 aromatic heterocycles. The maximum absolute atomic E-state index is 13.1. The summed E-state index contributed by atoms with van der Waals surface area (Å²) in [6.07, 6.45) is 0. The molecule has 0 spiro atoms. The van der Waals surface area contributed by atoms with Crippen molar-refractivity contribution in [2.45, 2.75) is 26.1 Å². The van der Waals surface area contributed by atoms with E-state index >= 15 is 0 Å². The Morgan fingerprint density at radius 3 is 2.75 bits per heavy atom. The smallest absolute Gasteiger partial charge is 0.320 e. The summed E-state index contributed by atoms with van der Waals surface area (Å²) in [5.74, 6) is -0.728. The zero-order valence-electron chi connectivity index (χ0n) is 12.9. The Bertz CT molecular complexity index is 742. The van der Waals surface area contributed by atoms with Crippen LogP contribution in [-0.4, -0.2) is 17.1 Å². The number of rotatable bonds is 7. The number of carboxylic acid groups (broad SMARTS) is 1. The minimum atomic E-state index is -0.925. The van der Waals surface area contributed by atoms with Crippen LogP contribution in [0, 0.1) is 5.82 Å². The fourth-order valence-electron chi connectivity index (χ4n) is 1.97. The van der Waals surface area contributed by atoms with Gasteiger partial charge in [0.2, 0.25) is 0 Å². The summed E-state index contributed by atoms with van der Waals surface area (Å²) in [4.78, 5) is 10.9. The molecular weight excluding hydrogens is 401 g/mol. The monoisotopic (exact) mass is 415 g/mol. The first-order valence-corrected chi connectivity index (χ1v) is 8.35. The molecule has 4 nitrogen and oxygen atoms in total. The zero-order valence-corrected chi connectivity index (χ0v) is 15.2. The van der Waals surface area contributed by atoms with E-state index in [2.05, 4.69) is 21.2 Å². The van der Waals surface area contributed by atoms with Crippen LogP contribution < -0.4 is 10.1 Å². The number of hydrogen-bond donors (Lipinski definition) is 2. The molecule has 0 radical (unpaired) electrons. The molecule has 0 saturated carbocycles. The summed E-state index contributed by atoms with van der Waals surface area (Å²) in [6, 6.07) is 8.91. The lowest BCUT2D eigenvalue weighted by atomic mass is 10.2. The molecule has 24 heavy (non-hydrogen) atoms. The zero-order chi connectivity index (χ0) is 17.7. The number of ether oxygens (including phenoxy) is 1. The molecule has 0 bridgehead atoms. The second kappa shape index (κ2) is 8.46. The first-order valence-electron chi connectivity index (χ1n) is 7.18. The van der Waals surface area contributed by atoms with Crippen molar-refractivity contribution in [2.75, 3.05) is 0 Å². The van der Waals surface area contributed by atoms with E-state index in [0.717, 1.165) is 10.0 Å². The van der Waals surface area contributed by atoms with Gasteiger partial charge < -0.3 is 15.2 Å².